The molecule has 28 heavy (non-hydrogen) atoms. The summed E-state index contributed by atoms with van der Waals surface area (Å²) in [4.78, 5) is -0.142. The number of benzene rings is 4. The molecule has 142 valence electrons. The van der Waals surface area contributed by atoms with Crippen molar-refractivity contribution in [3.8, 4) is 0 Å². The third-order valence-corrected chi connectivity index (χ3v) is 8.95. The molecule has 0 aromatic heterocycles. The van der Waals surface area contributed by atoms with Crippen molar-refractivity contribution in [2.24, 2.45) is 0 Å². The van der Waals surface area contributed by atoms with Crippen molar-refractivity contribution in [3.63, 3.8) is 0 Å². The number of hydrogen-bond acceptors (Lipinski definition) is 4. The molecule has 0 aliphatic carbocycles. The lowest BCUT2D eigenvalue weighted by Crippen LogP contribution is -2.33. The van der Waals surface area contributed by atoms with E-state index in [1.54, 1.807) is 36.4 Å². The van der Waals surface area contributed by atoms with Gasteiger partial charge in [0.15, 0.2) is 0 Å². The van der Waals surface area contributed by atoms with Crippen LogP contribution in [-0.2, 0) is 20.0 Å². The highest BCUT2D eigenvalue weighted by Gasteiger charge is 2.33. The van der Waals surface area contributed by atoms with Gasteiger partial charge in [-0.2, -0.15) is 0 Å². The first-order valence-corrected chi connectivity index (χ1v) is 11.4. The summed E-state index contributed by atoms with van der Waals surface area (Å²) in [6.07, 6.45) is 0. The summed E-state index contributed by atoms with van der Waals surface area (Å²) in [5.41, 5.74) is 0. The summed E-state index contributed by atoms with van der Waals surface area (Å²) >= 11 is 0. The van der Waals surface area contributed by atoms with Crippen LogP contribution in [0, 0.1) is 0 Å². The molecule has 0 atom stereocenters. The quantitative estimate of drug-likeness (QED) is 0.509. The van der Waals surface area contributed by atoms with E-state index >= 15 is 0 Å². The highest BCUT2D eigenvalue weighted by Crippen LogP contribution is 2.27. The van der Waals surface area contributed by atoms with Crippen molar-refractivity contribution in [2.45, 2.75) is 9.79 Å². The van der Waals surface area contributed by atoms with Crippen LogP contribution in [0.3, 0.4) is 0 Å². The summed E-state index contributed by atoms with van der Waals surface area (Å²) in [6, 6.07) is 23.7. The van der Waals surface area contributed by atoms with Gasteiger partial charge in [0.05, 0.1) is 9.79 Å². The molecule has 0 fully saturated rings. The van der Waals surface area contributed by atoms with E-state index < -0.39 is 20.0 Å². The summed E-state index contributed by atoms with van der Waals surface area (Å²) in [6.45, 7) is 0. The van der Waals surface area contributed by atoms with Crippen LogP contribution in [-0.4, -0.2) is 27.6 Å². The van der Waals surface area contributed by atoms with Crippen LogP contribution in [0.2, 0.25) is 0 Å². The maximum absolute atomic E-state index is 13.0. The molecule has 7 heteroatoms. The smallest absolute Gasteiger partial charge is 0.206 e. The van der Waals surface area contributed by atoms with Crippen molar-refractivity contribution >= 4 is 41.6 Å². The van der Waals surface area contributed by atoms with E-state index in [0.717, 1.165) is 28.6 Å². The van der Waals surface area contributed by atoms with E-state index in [-0.39, 0.29) is 9.79 Å². The Labute approximate surface area is 163 Å². The van der Waals surface area contributed by atoms with E-state index in [9.17, 15) is 16.8 Å². The summed E-state index contributed by atoms with van der Waals surface area (Å²) in [5, 5.41) is 3.20. The Balaban J connectivity index is 1.79. The van der Waals surface area contributed by atoms with Crippen molar-refractivity contribution in [1.29, 1.82) is 0 Å². The number of hydrogen-bond donors (Lipinski definition) is 0. The Morgan fingerprint density at radius 1 is 0.536 bits per heavy atom. The standard InChI is InChI=1S/C21H17NO4S2/c1-22(27(23,24)20-12-10-16-6-2-4-8-18(16)14-20)28(25,26)21-13-11-17-7-3-5-9-19(17)15-21/h2-15H,1H3. The fourth-order valence-electron chi connectivity index (χ4n) is 3.08. The minimum atomic E-state index is -4.24. The Morgan fingerprint density at radius 2 is 0.893 bits per heavy atom. The average molecular weight is 412 g/mol. The first-order valence-electron chi connectivity index (χ1n) is 8.52. The van der Waals surface area contributed by atoms with Gasteiger partial charge in [0.2, 0.25) is 0 Å². The van der Waals surface area contributed by atoms with E-state index in [0.29, 0.717) is 3.71 Å². The molecule has 0 spiro atoms. The molecule has 0 saturated heterocycles. The van der Waals surface area contributed by atoms with Gasteiger partial charge < -0.3 is 0 Å². The van der Waals surface area contributed by atoms with Crippen LogP contribution in [0.25, 0.3) is 21.5 Å². The van der Waals surface area contributed by atoms with Crippen molar-refractivity contribution in [3.05, 3.63) is 84.9 Å². The van der Waals surface area contributed by atoms with Crippen molar-refractivity contribution in [2.75, 3.05) is 7.05 Å². The third kappa shape index (κ3) is 3.07. The van der Waals surface area contributed by atoms with E-state index in [1.807, 2.05) is 24.3 Å². The molecule has 0 saturated carbocycles. The second kappa shape index (κ2) is 6.70. The second-order valence-corrected chi connectivity index (χ2v) is 10.6. The zero-order chi connectivity index (χ0) is 19.9. The van der Waals surface area contributed by atoms with Gasteiger partial charge in [0.1, 0.15) is 0 Å². The van der Waals surface area contributed by atoms with Crippen LogP contribution in [0.5, 0.6) is 0 Å². The van der Waals surface area contributed by atoms with E-state index in [1.165, 1.54) is 24.3 Å². The predicted molar refractivity (Wildman–Crippen MR) is 110 cm³/mol. The van der Waals surface area contributed by atoms with Gasteiger partial charge in [-0.15, -0.1) is 0 Å². The Kier molecular flexibility index (Phi) is 4.45. The SMILES string of the molecule is CN(S(=O)(=O)c1ccc2ccccc2c1)S(=O)(=O)c1ccc2ccccc2c1. The average Bonchev–Trinajstić information content (AvgIpc) is 2.72. The molecule has 0 unspecified atom stereocenters. The number of nitrogens with zero attached hydrogens (tertiary/aromatic N) is 1. The maximum atomic E-state index is 13.0. The molecule has 0 radical (unpaired) electrons. The normalized spacial score (nSPS) is 12.6. The minimum absolute atomic E-state index is 0.0712. The third-order valence-electron chi connectivity index (χ3n) is 4.71. The van der Waals surface area contributed by atoms with Gasteiger partial charge in [-0.25, -0.2) is 16.8 Å². The van der Waals surface area contributed by atoms with Gasteiger partial charge in [-0.3, -0.25) is 0 Å². The lowest BCUT2D eigenvalue weighted by molar-refractivity contribution is 0.526. The molecule has 0 heterocycles. The first-order chi connectivity index (χ1) is 13.3. The highest BCUT2D eigenvalue weighted by atomic mass is 32.3. The first kappa shape index (κ1) is 18.6. The van der Waals surface area contributed by atoms with E-state index in [4.69, 9.17) is 0 Å². The summed E-state index contributed by atoms with van der Waals surface area (Å²) in [7, 11) is -7.42. The Morgan fingerprint density at radius 3 is 1.29 bits per heavy atom. The van der Waals surface area contributed by atoms with Gasteiger partial charge in [-0.1, -0.05) is 64.4 Å². The van der Waals surface area contributed by atoms with E-state index in [2.05, 4.69) is 0 Å². The lowest BCUT2D eigenvalue weighted by Gasteiger charge is -2.18. The number of fused-ring (bicyclic) bond motifs is 2. The summed E-state index contributed by atoms with van der Waals surface area (Å²) < 4.78 is 52.5. The van der Waals surface area contributed by atoms with Gasteiger partial charge >= 0.3 is 0 Å². The largest absolute Gasteiger partial charge is 0.256 e. The summed E-state index contributed by atoms with van der Waals surface area (Å²) in [5.74, 6) is 0. The monoisotopic (exact) mass is 411 g/mol. The highest BCUT2D eigenvalue weighted by molar-refractivity contribution is 8.04. The van der Waals surface area contributed by atoms with Gasteiger partial charge in [0.25, 0.3) is 20.0 Å². The van der Waals surface area contributed by atoms with Crippen LogP contribution in [0.1, 0.15) is 0 Å². The molecule has 0 aliphatic rings. The van der Waals surface area contributed by atoms with Gasteiger partial charge in [-0.05, 0) is 45.8 Å². The Bertz CT molecular complexity index is 1300. The fraction of sp³-hybridized carbons (Fsp3) is 0.0476. The topological polar surface area (TPSA) is 71.5 Å². The molecule has 4 aromatic carbocycles. The molecular formula is C21H17NO4S2. The lowest BCUT2D eigenvalue weighted by atomic mass is 10.1. The van der Waals surface area contributed by atoms with Crippen molar-refractivity contribution in [1.82, 2.24) is 3.71 Å². The zero-order valence-electron chi connectivity index (χ0n) is 15.0. The molecule has 5 nitrogen and oxygen atoms in total. The molecular weight excluding hydrogens is 394 g/mol. The van der Waals surface area contributed by atoms with Crippen molar-refractivity contribution < 1.29 is 16.8 Å². The zero-order valence-corrected chi connectivity index (χ0v) is 16.6. The maximum Gasteiger partial charge on any atom is 0.256 e. The molecule has 0 bridgehead atoms. The molecule has 0 aliphatic heterocycles. The van der Waals surface area contributed by atoms with Crippen LogP contribution < -0.4 is 0 Å². The molecule has 0 amide bonds. The van der Waals surface area contributed by atoms with Crippen LogP contribution in [0.15, 0.2) is 94.7 Å². The number of sulfonamides is 2. The Hall–Kier alpha value is -2.74. The predicted octanol–water partition coefficient (Wildman–Crippen LogP) is 4.00. The second-order valence-electron chi connectivity index (χ2n) is 6.41. The van der Waals surface area contributed by atoms with Crippen LogP contribution >= 0.6 is 0 Å². The minimum Gasteiger partial charge on any atom is -0.206 e. The number of rotatable bonds is 4. The van der Waals surface area contributed by atoms with Crippen LogP contribution in [0.4, 0.5) is 0 Å². The van der Waals surface area contributed by atoms with Gasteiger partial charge in [0, 0.05) is 7.05 Å². The molecule has 4 aromatic rings. The molecule has 0 N–H and O–H groups in total. The molecule has 4 rings (SSSR count). The fourth-order valence-corrected chi connectivity index (χ4v) is 6.26.